The lowest BCUT2D eigenvalue weighted by atomic mass is 10.1. The number of carbonyl (C=O) groups is 2. The molecule has 0 radical (unpaired) electrons. The maximum absolute atomic E-state index is 13.0. The minimum atomic E-state index is -1.36. The number of ether oxygens (including phenoxy) is 2. The maximum Gasteiger partial charge on any atom is 0.341 e. The molecule has 0 unspecified atom stereocenters. The van der Waals surface area contributed by atoms with Crippen molar-refractivity contribution in [3.8, 4) is 5.75 Å². The van der Waals surface area contributed by atoms with Gasteiger partial charge in [0.1, 0.15) is 12.2 Å². The molecule has 1 atom stereocenters. The minimum absolute atomic E-state index is 0.0475. The Hall–Kier alpha value is -3.13. The van der Waals surface area contributed by atoms with Crippen molar-refractivity contribution in [1.29, 1.82) is 0 Å². The van der Waals surface area contributed by atoms with Gasteiger partial charge in [0, 0.05) is 32.4 Å². The number of aromatic carboxylic acids is 1. The van der Waals surface area contributed by atoms with Gasteiger partial charge in [0.2, 0.25) is 5.43 Å². The number of hydrogen-bond donors (Lipinski definition) is 1. The first-order valence-corrected chi connectivity index (χ1v) is 8.91. The van der Waals surface area contributed by atoms with Gasteiger partial charge >= 0.3 is 5.97 Å². The molecule has 1 amide bonds. The second-order valence-electron chi connectivity index (χ2n) is 6.63. The van der Waals surface area contributed by atoms with E-state index in [-0.39, 0.29) is 30.0 Å². The van der Waals surface area contributed by atoms with Gasteiger partial charge in [0.15, 0.2) is 11.4 Å². The van der Waals surface area contributed by atoms with Gasteiger partial charge in [-0.25, -0.2) is 4.79 Å². The summed E-state index contributed by atoms with van der Waals surface area (Å²) in [7, 11) is 1.55. The molecule has 2 aromatic rings. The Balaban J connectivity index is 2.07. The summed E-state index contributed by atoms with van der Waals surface area (Å²) in [4.78, 5) is 38.9. The molecule has 0 fully saturated rings. The Morgan fingerprint density at radius 1 is 1.25 bits per heavy atom. The second kappa shape index (κ2) is 8.26. The number of hydrogen-bond acceptors (Lipinski definition) is 5. The summed E-state index contributed by atoms with van der Waals surface area (Å²) in [6, 6.07) is 8.93. The van der Waals surface area contributed by atoms with Crippen LogP contribution in [0.25, 0.3) is 0 Å². The number of aromatic nitrogens is 1. The fraction of sp³-hybridized carbons (Fsp3) is 0.350. The molecule has 1 aromatic heterocycles. The predicted octanol–water partition coefficient (Wildman–Crippen LogP) is 1.79. The lowest BCUT2D eigenvalue weighted by molar-refractivity contribution is 0.0591. The molecular weight excluding hydrogens is 364 g/mol. The fourth-order valence-electron chi connectivity index (χ4n) is 3.21. The van der Waals surface area contributed by atoms with Crippen LogP contribution in [0.3, 0.4) is 0 Å². The summed E-state index contributed by atoms with van der Waals surface area (Å²) in [6.07, 6.45) is 1.23. The van der Waals surface area contributed by atoms with Gasteiger partial charge in [-0.15, -0.1) is 0 Å². The largest absolute Gasteiger partial charge is 0.483 e. The topological polar surface area (TPSA) is 98.1 Å². The molecule has 148 valence electrons. The predicted molar refractivity (Wildman–Crippen MR) is 101 cm³/mol. The lowest BCUT2D eigenvalue weighted by Crippen LogP contribution is -2.45. The summed E-state index contributed by atoms with van der Waals surface area (Å²) in [5.41, 5.74) is -0.352. The van der Waals surface area contributed by atoms with E-state index < -0.39 is 17.0 Å². The van der Waals surface area contributed by atoms with Gasteiger partial charge in [0.25, 0.3) is 5.91 Å². The Labute approximate surface area is 161 Å². The summed E-state index contributed by atoms with van der Waals surface area (Å²) < 4.78 is 12.3. The van der Waals surface area contributed by atoms with Gasteiger partial charge in [-0.2, -0.15) is 0 Å². The number of carboxylic acid groups (broad SMARTS) is 1. The van der Waals surface area contributed by atoms with Crippen molar-refractivity contribution >= 4 is 11.9 Å². The average Bonchev–Trinajstić information content (AvgIpc) is 2.68. The molecule has 3 rings (SSSR count). The standard InChI is InChI=1S/C20H22N2O6/c1-13-10-21(8-9-27-2)19(24)16-18(28-12-14-6-4-3-5-7-14)17(23)15(20(25)26)11-22(13)16/h3-7,11,13H,8-10,12H2,1-2H3,(H,25,26)/t13-/m0/s1. The normalized spacial score (nSPS) is 16.0. The van der Waals surface area contributed by atoms with E-state index in [2.05, 4.69) is 0 Å². The van der Waals surface area contributed by atoms with Crippen LogP contribution in [0.15, 0.2) is 41.3 Å². The minimum Gasteiger partial charge on any atom is -0.483 e. The number of pyridine rings is 1. The van der Waals surface area contributed by atoms with Crippen molar-refractivity contribution in [1.82, 2.24) is 9.47 Å². The first kappa shape index (κ1) is 19.6. The molecule has 0 bridgehead atoms. The number of amides is 1. The Kier molecular flexibility index (Phi) is 5.79. The summed E-state index contributed by atoms with van der Waals surface area (Å²) in [5.74, 6) is -1.97. The number of carboxylic acids is 1. The third-order valence-corrected chi connectivity index (χ3v) is 4.66. The highest BCUT2D eigenvalue weighted by Gasteiger charge is 2.34. The first-order valence-electron chi connectivity index (χ1n) is 8.91. The van der Waals surface area contributed by atoms with Gasteiger partial charge in [-0.05, 0) is 12.5 Å². The van der Waals surface area contributed by atoms with Gasteiger partial charge in [-0.1, -0.05) is 30.3 Å². The molecule has 0 saturated carbocycles. The van der Waals surface area contributed by atoms with Crippen molar-refractivity contribution in [2.24, 2.45) is 0 Å². The average molecular weight is 386 g/mol. The molecule has 2 heterocycles. The highest BCUT2D eigenvalue weighted by atomic mass is 16.5. The zero-order valence-electron chi connectivity index (χ0n) is 15.8. The van der Waals surface area contributed by atoms with Crippen LogP contribution in [0.2, 0.25) is 0 Å². The molecule has 1 aromatic carbocycles. The van der Waals surface area contributed by atoms with Crippen molar-refractivity contribution in [3.63, 3.8) is 0 Å². The highest BCUT2D eigenvalue weighted by molar-refractivity contribution is 5.97. The Bertz CT molecular complexity index is 938. The van der Waals surface area contributed by atoms with Crippen molar-refractivity contribution in [2.45, 2.75) is 19.6 Å². The number of fused-ring (bicyclic) bond motifs is 1. The lowest BCUT2D eigenvalue weighted by Gasteiger charge is -2.35. The molecule has 0 spiro atoms. The zero-order valence-corrected chi connectivity index (χ0v) is 15.8. The van der Waals surface area contributed by atoms with Crippen LogP contribution in [0.1, 0.15) is 39.4 Å². The summed E-state index contributed by atoms with van der Waals surface area (Å²) >= 11 is 0. The van der Waals surface area contributed by atoms with Crippen molar-refractivity contribution in [2.75, 3.05) is 26.8 Å². The first-order chi connectivity index (χ1) is 13.4. The molecule has 28 heavy (non-hydrogen) atoms. The number of nitrogens with zero attached hydrogens (tertiary/aromatic N) is 2. The SMILES string of the molecule is COCCN1C[C@H](C)n2cc(C(=O)O)c(=O)c(OCc3ccccc3)c2C1=O. The van der Waals surface area contributed by atoms with Crippen LogP contribution in [0.5, 0.6) is 5.75 Å². The van der Waals surface area contributed by atoms with Gasteiger partial charge in [0.05, 0.1) is 6.61 Å². The molecule has 0 saturated heterocycles. The van der Waals surface area contributed by atoms with E-state index in [9.17, 15) is 19.5 Å². The van der Waals surface area contributed by atoms with Gasteiger partial charge < -0.3 is 24.0 Å². The van der Waals surface area contributed by atoms with E-state index in [1.165, 1.54) is 10.8 Å². The monoisotopic (exact) mass is 386 g/mol. The van der Waals surface area contributed by atoms with E-state index in [4.69, 9.17) is 9.47 Å². The quantitative estimate of drug-likeness (QED) is 0.779. The van der Waals surface area contributed by atoms with Crippen molar-refractivity contribution in [3.05, 3.63) is 63.6 Å². The smallest absolute Gasteiger partial charge is 0.341 e. The molecule has 1 aliphatic heterocycles. The number of methoxy groups -OCH3 is 1. The van der Waals surface area contributed by atoms with E-state index in [1.807, 2.05) is 37.3 Å². The second-order valence-corrected chi connectivity index (χ2v) is 6.63. The Morgan fingerprint density at radius 3 is 2.61 bits per heavy atom. The van der Waals surface area contributed by atoms with Crippen LogP contribution in [0.4, 0.5) is 0 Å². The summed E-state index contributed by atoms with van der Waals surface area (Å²) in [5, 5.41) is 9.42. The van der Waals surface area contributed by atoms with Crippen LogP contribution < -0.4 is 10.2 Å². The van der Waals surface area contributed by atoms with E-state index in [1.54, 1.807) is 12.0 Å². The molecule has 8 nitrogen and oxygen atoms in total. The van der Waals surface area contributed by atoms with E-state index >= 15 is 0 Å². The highest BCUT2D eigenvalue weighted by Crippen LogP contribution is 2.27. The number of rotatable bonds is 7. The van der Waals surface area contributed by atoms with Gasteiger partial charge in [-0.3, -0.25) is 9.59 Å². The molecule has 0 aliphatic carbocycles. The number of benzene rings is 1. The fourth-order valence-corrected chi connectivity index (χ4v) is 3.21. The summed E-state index contributed by atoms with van der Waals surface area (Å²) in [6.45, 7) is 3.01. The molecule has 1 aliphatic rings. The number of carbonyl (C=O) groups excluding carboxylic acids is 1. The molecular formula is C20H22N2O6. The van der Waals surface area contributed by atoms with Crippen LogP contribution in [-0.4, -0.2) is 53.3 Å². The van der Waals surface area contributed by atoms with Crippen LogP contribution >= 0.6 is 0 Å². The van der Waals surface area contributed by atoms with Crippen LogP contribution in [-0.2, 0) is 11.3 Å². The molecule has 1 N–H and O–H groups in total. The maximum atomic E-state index is 13.0. The molecule has 8 heteroatoms. The third-order valence-electron chi connectivity index (χ3n) is 4.66. The van der Waals surface area contributed by atoms with E-state index in [0.717, 1.165) is 5.56 Å². The zero-order chi connectivity index (χ0) is 20.3. The van der Waals surface area contributed by atoms with E-state index in [0.29, 0.717) is 19.7 Å². The van der Waals surface area contributed by atoms with Crippen molar-refractivity contribution < 1.29 is 24.2 Å². The third kappa shape index (κ3) is 3.77. The Morgan fingerprint density at radius 2 is 1.96 bits per heavy atom. The van der Waals surface area contributed by atoms with Crippen LogP contribution in [0, 0.1) is 0 Å².